The van der Waals surface area contributed by atoms with Crippen LogP contribution in [-0.2, 0) is 14.3 Å². The van der Waals surface area contributed by atoms with Crippen molar-refractivity contribution >= 4 is 11.9 Å². The standard InChI is InChI=1S/C12H22N2O3/c1-3-4-5-6-13-7-9-14(10-8-13)11(15)12(16)17-2/h3-10H2,1-2H3. The second-order valence-corrected chi connectivity index (χ2v) is 4.33. The van der Waals surface area contributed by atoms with Gasteiger partial charge in [0.05, 0.1) is 7.11 Å². The van der Waals surface area contributed by atoms with Gasteiger partial charge in [0.1, 0.15) is 0 Å². The first-order valence-electron chi connectivity index (χ1n) is 6.28. The minimum absolute atomic E-state index is 0.513. The van der Waals surface area contributed by atoms with Crippen LogP contribution in [-0.4, -0.2) is 61.5 Å². The predicted octanol–water partition coefficient (Wildman–Crippen LogP) is 0.494. The molecule has 98 valence electrons. The summed E-state index contributed by atoms with van der Waals surface area (Å²) >= 11 is 0. The fourth-order valence-electron chi connectivity index (χ4n) is 1.98. The van der Waals surface area contributed by atoms with Crippen molar-refractivity contribution in [2.24, 2.45) is 0 Å². The van der Waals surface area contributed by atoms with Crippen LogP contribution in [0.4, 0.5) is 0 Å². The van der Waals surface area contributed by atoms with Crippen LogP contribution in [0.3, 0.4) is 0 Å². The first kappa shape index (κ1) is 14.0. The minimum atomic E-state index is -0.760. The van der Waals surface area contributed by atoms with Gasteiger partial charge in [-0.15, -0.1) is 0 Å². The third-order valence-electron chi connectivity index (χ3n) is 3.10. The molecule has 0 unspecified atom stereocenters. The summed E-state index contributed by atoms with van der Waals surface area (Å²) in [5, 5.41) is 0. The maximum Gasteiger partial charge on any atom is 0.396 e. The van der Waals surface area contributed by atoms with E-state index in [0.717, 1.165) is 19.6 Å². The maximum atomic E-state index is 11.5. The Labute approximate surface area is 103 Å². The van der Waals surface area contributed by atoms with Crippen molar-refractivity contribution in [2.75, 3.05) is 39.8 Å². The summed E-state index contributed by atoms with van der Waals surface area (Å²) in [6.45, 7) is 6.24. The molecule has 17 heavy (non-hydrogen) atoms. The zero-order valence-electron chi connectivity index (χ0n) is 10.8. The summed E-state index contributed by atoms with van der Waals surface area (Å²) < 4.78 is 4.43. The van der Waals surface area contributed by atoms with E-state index in [0.29, 0.717) is 13.1 Å². The van der Waals surface area contributed by atoms with E-state index in [1.165, 1.54) is 26.4 Å². The SMILES string of the molecule is CCCCCN1CCN(C(=O)C(=O)OC)CC1. The third-order valence-corrected chi connectivity index (χ3v) is 3.10. The van der Waals surface area contributed by atoms with Crippen LogP contribution in [0.5, 0.6) is 0 Å². The largest absolute Gasteiger partial charge is 0.462 e. The highest BCUT2D eigenvalue weighted by atomic mass is 16.5. The van der Waals surface area contributed by atoms with Gasteiger partial charge in [0.25, 0.3) is 0 Å². The van der Waals surface area contributed by atoms with Crippen molar-refractivity contribution in [3.8, 4) is 0 Å². The number of rotatable bonds is 4. The van der Waals surface area contributed by atoms with E-state index in [9.17, 15) is 9.59 Å². The molecule has 0 radical (unpaired) electrons. The van der Waals surface area contributed by atoms with Crippen molar-refractivity contribution in [3.63, 3.8) is 0 Å². The van der Waals surface area contributed by atoms with E-state index in [2.05, 4.69) is 16.6 Å². The molecule has 1 heterocycles. The van der Waals surface area contributed by atoms with Crippen LogP contribution in [0, 0.1) is 0 Å². The maximum absolute atomic E-state index is 11.5. The van der Waals surface area contributed by atoms with Crippen LogP contribution >= 0.6 is 0 Å². The number of nitrogens with zero attached hydrogens (tertiary/aromatic N) is 2. The molecular formula is C12H22N2O3. The molecule has 1 aliphatic heterocycles. The van der Waals surface area contributed by atoms with E-state index >= 15 is 0 Å². The highest BCUT2D eigenvalue weighted by Crippen LogP contribution is 2.05. The van der Waals surface area contributed by atoms with Gasteiger partial charge in [-0.1, -0.05) is 19.8 Å². The Hall–Kier alpha value is -1.10. The Balaban J connectivity index is 2.25. The number of piperazine rings is 1. The molecule has 0 aromatic heterocycles. The van der Waals surface area contributed by atoms with E-state index < -0.39 is 11.9 Å². The van der Waals surface area contributed by atoms with Gasteiger partial charge in [-0.25, -0.2) is 4.79 Å². The number of ether oxygens (including phenoxy) is 1. The van der Waals surface area contributed by atoms with E-state index in [1.54, 1.807) is 4.90 Å². The normalized spacial score (nSPS) is 16.9. The average molecular weight is 242 g/mol. The van der Waals surface area contributed by atoms with Crippen molar-refractivity contribution in [2.45, 2.75) is 26.2 Å². The molecule has 1 aliphatic rings. The van der Waals surface area contributed by atoms with Crippen LogP contribution in [0.2, 0.25) is 0 Å². The summed E-state index contributed by atoms with van der Waals surface area (Å²) in [6, 6.07) is 0. The van der Waals surface area contributed by atoms with Gasteiger partial charge in [0.2, 0.25) is 0 Å². The number of unbranched alkanes of at least 4 members (excludes halogenated alkanes) is 2. The molecule has 1 rings (SSSR count). The molecule has 0 N–H and O–H groups in total. The monoisotopic (exact) mass is 242 g/mol. The molecule has 1 amide bonds. The number of hydrogen-bond donors (Lipinski definition) is 0. The second-order valence-electron chi connectivity index (χ2n) is 4.33. The van der Waals surface area contributed by atoms with E-state index in [4.69, 9.17) is 0 Å². The van der Waals surface area contributed by atoms with Crippen LogP contribution in [0.25, 0.3) is 0 Å². The smallest absolute Gasteiger partial charge is 0.396 e. The molecule has 0 bridgehead atoms. The molecule has 0 aromatic rings. The Morgan fingerprint density at radius 2 is 1.76 bits per heavy atom. The first-order valence-corrected chi connectivity index (χ1v) is 6.28. The van der Waals surface area contributed by atoms with Gasteiger partial charge in [0.15, 0.2) is 0 Å². The van der Waals surface area contributed by atoms with Gasteiger partial charge in [0, 0.05) is 26.2 Å². The van der Waals surface area contributed by atoms with Crippen molar-refractivity contribution < 1.29 is 14.3 Å². The van der Waals surface area contributed by atoms with Gasteiger partial charge in [-0.2, -0.15) is 0 Å². The summed E-state index contributed by atoms with van der Waals surface area (Å²) in [7, 11) is 1.24. The zero-order valence-corrected chi connectivity index (χ0v) is 10.8. The highest BCUT2D eigenvalue weighted by molar-refractivity contribution is 6.32. The Morgan fingerprint density at radius 1 is 1.12 bits per heavy atom. The summed E-state index contributed by atoms with van der Waals surface area (Å²) in [5.74, 6) is -1.27. The van der Waals surface area contributed by atoms with Gasteiger partial charge in [-0.3, -0.25) is 9.69 Å². The lowest BCUT2D eigenvalue weighted by Gasteiger charge is -2.34. The number of carbonyl (C=O) groups excluding carboxylic acids is 2. The number of hydrogen-bond acceptors (Lipinski definition) is 4. The third kappa shape index (κ3) is 4.34. The van der Waals surface area contributed by atoms with Crippen LogP contribution < -0.4 is 0 Å². The van der Waals surface area contributed by atoms with Crippen molar-refractivity contribution in [1.29, 1.82) is 0 Å². The van der Waals surface area contributed by atoms with Crippen LogP contribution in [0.15, 0.2) is 0 Å². The summed E-state index contributed by atoms with van der Waals surface area (Å²) in [5.41, 5.74) is 0. The lowest BCUT2D eigenvalue weighted by Crippen LogP contribution is -2.50. The predicted molar refractivity (Wildman–Crippen MR) is 64.6 cm³/mol. The zero-order chi connectivity index (χ0) is 12.7. The van der Waals surface area contributed by atoms with Crippen LogP contribution in [0.1, 0.15) is 26.2 Å². The Bertz CT molecular complexity index is 260. The molecule has 1 saturated heterocycles. The van der Waals surface area contributed by atoms with Crippen molar-refractivity contribution in [3.05, 3.63) is 0 Å². The molecule has 0 atom stereocenters. The van der Waals surface area contributed by atoms with Gasteiger partial charge in [-0.05, 0) is 13.0 Å². The molecule has 1 fully saturated rings. The quantitative estimate of drug-likeness (QED) is 0.409. The Morgan fingerprint density at radius 3 is 2.29 bits per heavy atom. The van der Waals surface area contributed by atoms with Gasteiger partial charge < -0.3 is 9.64 Å². The van der Waals surface area contributed by atoms with Gasteiger partial charge >= 0.3 is 11.9 Å². The number of esters is 1. The summed E-state index contributed by atoms with van der Waals surface area (Å²) in [4.78, 5) is 26.5. The highest BCUT2D eigenvalue weighted by Gasteiger charge is 2.26. The average Bonchev–Trinajstić information content (AvgIpc) is 2.38. The number of methoxy groups -OCH3 is 1. The minimum Gasteiger partial charge on any atom is -0.462 e. The van der Waals surface area contributed by atoms with E-state index in [1.807, 2.05) is 0 Å². The summed E-state index contributed by atoms with van der Waals surface area (Å²) in [6.07, 6.45) is 3.68. The molecule has 5 nitrogen and oxygen atoms in total. The molecule has 0 spiro atoms. The fraction of sp³-hybridized carbons (Fsp3) is 0.833. The van der Waals surface area contributed by atoms with E-state index in [-0.39, 0.29) is 0 Å². The second kappa shape index (κ2) is 7.27. The molecule has 0 saturated carbocycles. The molecule has 5 heteroatoms. The first-order chi connectivity index (χ1) is 8.19. The van der Waals surface area contributed by atoms with Crippen molar-refractivity contribution in [1.82, 2.24) is 9.80 Å². The Kier molecular flexibility index (Phi) is 5.97. The number of carbonyl (C=O) groups is 2. The fourth-order valence-corrected chi connectivity index (χ4v) is 1.98. The molecule has 0 aromatic carbocycles. The number of amides is 1. The molecule has 0 aliphatic carbocycles. The lowest BCUT2D eigenvalue weighted by atomic mass is 10.2. The molecular weight excluding hydrogens is 220 g/mol. The topological polar surface area (TPSA) is 49.9 Å². The lowest BCUT2D eigenvalue weighted by molar-refractivity contribution is -0.159.